The Morgan fingerprint density at radius 1 is 0.889 bits per heavy atom. The summed E-state index contributed by atoms with van der Waals surface area (Å²) in [5, 5.41) is 8.75. The van der Waals surface area contributed by atoms with Gasteiger partial charge in [0, 0.05) is 18.3 Å². The fraction of sp³-hybridized carbons (Fsp3) is 0.143. The van der Waals surface area contributed by atoms with E-state index in [0.29, 0.717) is 11.4 Å². The molecule has 2 aromatic carbocycles. The predicted molar refractivity (Wildman–Crippen MR) is 104 cm³/mol. The van der Waals surface area contributed by atoms with Crippen molar-refractivity contribution in [3.05, 3.63) is 84.3 Å². The Bertz CT molecular complexity index is 875. The highest BCUT2D eigenvalue weighted by atomic mass is 16.3. The highest BCUT2D eigenvalue weighted by molar-refractivity contribution is 5.93. The van der Waals surface area contributed by atoms with E-state index in [1.165, 1.54) is 6.92 Å². The van der Waals surface area contributed by atoms with Gasteiger partial charge < -0.3 is 15.1 Å². The first-order chi connectivity index (χ1) is 13.1. The number of amides is 2. The van der Waals surface area contributed by atoms with Crippen molar-refractivity contribution >= 4 is 23.2 Å². The monoisotopic (exact) mass is 363 g/mol. The molecule has 6 nitrogen and oxygen atoms in total. The highest BCUT2D eigenvalue weighted by Gasteiger charge is 2.17. The summed E-state index contributed by atoms with van der Waals surface area (Å²) in [6.45, 7) is 1.57. The Morgan fingerprint density at radius 3 is 2.15 bits per heavy atom. The molecule has 0 fully saturated rings. The van der Waals surface area contributed by atoms with Crippen LogP contribution in [0.15, 0.2) is 77.4 Å². The topological polar surface area (TPSA) is 83.4 Å². The predicted octanol–water partition coefficient (Wildman–Crippen LogP) is 3.56. The van der Waals surface area contributed by atoms with Gasteiger partial charge in [-0.25, -0.2) is 0 Å². The number of carbonyl (C=O) groups is 2. The second-order valence-electron chi connectivity index (χ2n) is 6.05. The minimum Gasteiger partial charge on any atom is -0.467 e. The number of furan rings is 1. The molecule has 3 rings (SSSR count). The van der Waals surface area contributed by atoms with Crippen LogP contribution in [0.2, 0.25) is 0 Å². The van der Waals surface area contributed by atoms with Crippen LogP contribution in [0.25, 0.3) is 0 Å². The summed E-state index contributed by atoms with van der Waals surface area (Å²) >= 11 is 0. The molecule has 0 aliphatic heterocycles. The first-order valence-corrected chi connectivity index (χ1v) is 8.61. The van der Waals surface area contributed by atoms with Gasteiger partial charge in [-0.3, -0.25) is 14.9 Å². The van der Waals surface area contributed by atoms with Crippen LogP contribution in [-0.2, 0) is 9.59 Å². The first kappa shape index (κ1) is 18.4. The minimum atomic E-state index is -0.214. The summed E-state index contributed by atoms with van der Waals surface area (Å²) in [6.07, 6.45) is 1.61. The lowest BCUT2D eigenvalue weighted by Crippen LogP contribution is -2.31. The van der Waals surface area contributed by atoms with E-state index in [9.17, 15) is 9.59 Å². The number of nitrogens with one attached hydrogen (secondary N) is 3. The molecule has 0 bridgehead atoms. The van der Waals surface area contributed by atoms with E-state index in [1.807, 2.05) is 42.5 Å². The molecule has 0 radical (unpaired) electrons. The van der Waals surface area contributed by atoms with Gasteiger partial charge >= 0.3 is 0 Å². The lowest BCUT2D eigenvalue weighted by atomic mass is 10.0. The van der Waals surface area contributed by atoms with Gasteiger partial charge in [0.15, 0.2) is 0 Å². The molecule has 1 aromatic heterocycles. The van der Waals surface area contributed by atoms with Gasteiger partial charge in [-0.05, 0) is 42.0 Å². The van der Waals surface area contributed by atoms with E-state index in [2.05, 4.69) is 16.0 Å². The summed E-state index contributed by atoms with van der Waals surface area (Å²) in [5.41, 5.74) is 2.35. The smallest absolute Gasteiger partial charge is 0.238 e. The maximum Gasteiger partial charge on any atom is 0.238 e. The maximum atomic E-state index is 12.3. The van der Waals surface area contributed by atoms with Crippen molar-refractivity contribution in [2.75, 3.05) is 17.2 Å². The molecule has 3 aromatic rings. The third-order valence-corrected chi connectivity index (χ3v) is 3.92. The van der Waals surface area contributed by atoms with Crippen LogP contribution in [0.5, 0.6) is 0 Å². The van der Waals surface area contributed by atoms with Gasteiger partial charge in [-0.15, -0.1) is 0 Å². The van der Waals surface area contributed by atoms with Gasteiger partial charge in [0.25, 0.3) is 0 Å². The Kier molecular flexibility index (Phi) is 6.02. The van der Waals surface area contributed by atoms with Crippen molar-refractivity contribution in [1.29, 1.82) is 0 Å². The van der Waals surface area contributed by atoms with E-state index in [-0.39, 0.29) is 24.4 Å². The number of hydrogen-bond donors (Lipinski definition) is 3. The van der Waals surface area contributed by atoms with Crippen LogP contribution in [0.1, 0.15) is 24.3 Å². The van der Waals surface area contributed by atoms with Gasteiger partial charge in [0.2, 0.25) is 11.8 Å². The second kappa shape index (κ2) is 8.82. The molecule has 0 saturated carbocycles. The molecule has 0 aliphatic rings. The largest absolute Gasteiger partial charge is 0.467 e. The molecule has 0 saturated heterocycles. The van der Waals surface area contributed by atoms with E-state index < -0.39 is 0 Å². The van der Waals surface area contributed by atoms with Crippen LogP contribution in [-0.4, -0.2) is 18.4 Å². The van der Waals surface area contributed by atoms with Crippen molar-refractivity contribution < 1.29 is 14.0 Å². The summed E-state index contributed by atoms with van der Waals surface area (Å²) in [6, 6.07) is 20.3. The maximum absolute atomic E-state index is 12.3. The SMILES string of the molecule is CC(=O)Nc1ccc(NC(=O)CN[C@@H](c2ccccc2)c2ccco2)cc1. The average Bonchev–Trinajstić information content (AvgIpc) is 3.18. The van der Waals surface area contributed by atoms with E-state index in [1.54, 1.807) is 30.5 Å². The van der Waals surface area contributed by atoms with Gasteiger partial charge in [-0.2, -0.15) is 0 Å². The van der Waals surface area contributed by atoms with E-state index in [4.69, 9.17) is 4.42 Å². The number of anilines is 2. The van der Waals surface area contributed by atoms with Gasteiger partial charge in [0.1, 0.15) is 5.76 Å². The van der Waals surface area contributed by atoms with Crippen molar-refractivity contribution in [3.63, 3.8) is 0 Å². The van der Waals surface area contributed by atoms with E-state index in [0.717, 1.165) is 11.3 Å². The molecule has 6 heteroatoms. The Morgan fingerprint density at radius 2 is 1.56 bits per heavy atom. The number of benzene rings is 2. The molecule has 27 heavy (non-hydrogen) atoms. The van der Waals surface area contributed by atoms with Gasteiger partial charge in [0.05, 0.1) is 18.8 Å². The zero-order valence-corrected chi connectivity index (χ0v) is 14.9. The van der Waals surface area contributed by atoms with Crippen molar-refractivity contribution in [2.45, 2.75) is 13.0 Å². The quantitative estimate of drug-likeness (QED) is 0.599. The van der Waals surface area contributed by atoms with Gasteiger partial charge in [-0.1, -0.05) is 30.3 Å². The fourth-order valence-electron chi connectivity index (χ4n) is 2.72. The second-order valence-corrected chi connectivity index (χ2v) is 6.05. The molecular formula is C21H21N3O3. The van der Waals surface area contributed by atoms with Crippen LogP contribution < -0.4 is 16.0 Å². The zero-order valence-electron chi connectivity index (χ0n) is 14.9. The average molecular weight is 363 g/mol. The van der Waals surface area contributed by atoms with Crippen LogP contribution in [0.3, 0.4) is 0 Å². The fourth-order valence-corrected chi connectivity index (χ4v) is 2.72. The normalized spacial score (nSPS) is 11.6. The van der Waals surface area contributed by atoms with Crippen molar-refractivity contribution in [3.8, 4) is 0 Å². The third-order valence-electron chi connectivity index (χ3n) is 3.92. The molecular weight excluding hydrogens is 342 g/mol. The Labute approximate surface area is 157 Å². The summed E-state index contributed by atoms with van der Waals surface area (Å²) < 4.78 is 5.52. The number of carbonyl (C=O) groups excluding carboxylic acids is 2. The van der Waals surface area contributed by atoms with Crippen LogP contribution in [0.4, 0.5) is 11.4 Å². The molecule has 1 atom stereocenters. The van der Waals surface area contributed by atoms with Crippen LogP contribution >= 0.6 is 0 Å². The molecule has 138 valence electrons. The molecule has 0 unspecified atom stereocenters. The standard InChI is InChI=1S/C21H21N3O3/c1-15(25)23-17-9-11-18(12-10-17)24-20(26)14-22-21(19-8-5-13-27-19)16-6-3-2-4-7-16/h2-13,21-22H,14H2,1H3,(H,23,25)(H,24,26)/t21-/m0/s1. The molecule has 2 amide bonds. The summed E-state index contributed by atoms with van der Waals surface area (Å²) in [5.74, 6) is 0.435. The van der Waals surface area contributed by atoms with Crippen molar-refractivity contribution in [1.82, 2.24) is 5.32 Å². The molecule has 1 heterocycles. The molecule has 0 spiro atoms. The van der Waals surface area contributed by atoms with Crippen LogP contribution in [0, 0.1) is 0 Å². The lowest BCUT2D eigenvalue weighted by Gasteiger charge is -2.17. The lowest BCUT2D eigenvalue weighted by molar-refractivity contribution is -0.115. The molecule has 0 aliphatic carbocycles. The summed E-state index contributed by atoms with van der Waals surface area (Å²) in [4.78, 5) is 23.3. The third kappa shape index (κ3) is 5.29. The summed E-state index contributed by atoms with van der Waals surface area (Å²) in [7, 11) is 0. The van der Waals surface area contributed by atoms with Crippen molar-refractivity contribution in [2.24, 2.45) is 0 Å². The Balaban J connectivity index is 1.60. The number of hydrogen-bond acceptors (Lipinski definition) is 4. The number of rotatable bonds is 7. The Hall–Kier alpha value is -3.38. The minimum absolute atomic E-state index is 0.119. The van der Waals surface area contributed by atoms with E-state index >= 15 is 0 Å². The zero-order chi connectivity index (χ0) is 19.1. The molecule has 3 N–H and O–H groups in total. The highest BCUT2D eigenvalue weighted by Crippen LogP contribution is 2.22. The first-order valence-electron chi connectivity index (χ1n) is 8.61.